The van der Waals surface area contributed by atoms with Crippen LogP contribution in [-0.4, -0.2) is 54.8 Å². The number of nitrogens with zero attached hydrogens (tertiary/aromatic N) is 6. The zero-order chi connectivity index (χ0) is 27.6. The van der Waals surface area contributed by atoms with Gasteiger partial charge in [-0.3, -0.25) is 18.6 Å². The Bertz CT molecular complexity index is 1720. The molecule has 0 bridgehead atoms. The van der Waals surface area contributed by atoms with Gasteiger partial charge in [-0.25, -0.2) is 22.9 Å². The fourth-order valence-electron chi connectivity index (χ4n) is 5.45. The summed E-state index contributed by atoms with van der Waals surface area (Å²) in [6.07, 6.45) is 1.46. The molecule has 0 radical (unpaired) electrons. The van der Waals surface area contributed by atoms with Crippen LogP contribution in [0.1, 0.15) is 36.2 Å². The Morgan fingerprint density at radius 3 is 2.49 bits per heavy atom. The van der Waals surface area contributed by atoms with Gasteiger partial charge in [-0.15, -0.1) is 0 Å². The van der Waals surface area contributed by atoms with Gasteiger partial charge in [0.1, 0.15) is 17.5 Å². The van der Waals surface area contributed by atoms with Crippen LogP contribution in [0.25, 0.3) is 10.9 Å². The van der Waals surface area contributed by atoms with Crippen LogP contribution >= 0.6 is 0 Å². The monoisotopic (exact) mass is 542 g/mol. The predicted octanol–water partition coefficient (Wildman–Crippen LogP) is 1.87. The van der Waals surface area contributed by atoms with Gasteiger partial charge in [0.25, 0.3) is 5.56 Å². The molecule has 0 amide bonds. The van der Waals surface area contributed by atoms with Crippen molar-refractivity contribution < 1.29 is 23.0 Å². The number of aliphatic hydroxyl groups is 1. The van der Waals surface area contributed by atoms with Crippen molar-refractivity contribution in [3.63, 3.8) is 0 Å². The first kappa shape index (κ1) is 25.2. The summed E-state index contributed by atoms with van der Waals surface area (Å²) in [4.78, 5) is 33.8. The molecular weight excluding hydrogens is 517 g/mol. The fourth-order valence-corrected chi connectivity index (χ4v) is 5.45. The van der Waals surface area contributed by atoms with Crippen LogP contribution in [0.2, 0.25) is 0 Å². The maximum atomic E-state index is 14.1. The number of rotatable bonds is 5. The van der Waals surface area contributed by atoms with Gasteiger partial charge in [0, 0.05) is 37.3 Å². The van der Waals surface area contributed by atoms with E-state index in [9.17, 15) is 27.9 Å². The normalized spacial score (nSPS) is 18.7. The molecule has 39 heavy (non-hydrogen) atoms. The van der Waals surface area contributed by atoms with E-state index in [1.807, 2.05) is 11.8 Å². The maximum Gasteiger partial charge on any atom is 0.332 e. The lowest BCUT2D eigenvalue weighted by Gasteiger charge is -2.24. The minimum absolute atomic E-state index is 0.0103. The second-order valence-electron chi connectivity index (χ2n) is 10.1. The molecule has 1 unspecified atom stereocenters. The number of aliphatic hydroxyl groups excluding tert-OH is 1. The molecular formula is C26H25F3N6O4. The van der Waals surface area contributed by atoms with E-state index in [1.165, 1.54) is 15.6 Å². The molecule has 2 aromatic heterocycles. The second-order valence-corrected chi connectivity index (χ2v) is 10.1. The summed E-state index contributed by atoms with van der Waals surface area (Å²) in [5.41, 5.74) is 0.318. The lowest BCUT2D eigenvalue weighted by molar-refractivity contribution is 0.198. The molecule has 2 aliphatic rings. The SMILES string of the molecule is CC1COc2c1c(N1CC[C@@H](O)C1)cc1c2c(=O)n(Cc2ncn(C)n2)c(=O)n1Cc1cc(F)c(F)c(F)c1. The first-order valence-electron chi connectivity index (χ1n) is 12.5. The summed E-state index contributed by atoms with van der Waals surface area (Å²) in [7, 11) is 1.65. The second kappa shape index (κ2) is 9.26. The first-order chi connectivity index (χ1) is 18.6. The Hall–Kier alpha value is -4.13. The minimum Gasteiger partial charge on any atom is -0.492 e. The number of hydrogen-bond donors (Lipinski definition) is 1. The largest absolute Gasteiger partial charge is 0.492 e. The molecule has 13 heteroatoms. The number of aryl methyl sites for hydroxylation is 1. The van der Waals surface area contributed by atoms with E-state index in [0.29, 0.717) is 37.6 Å². The molecule has 10 nitrogen and oxygen atoms in total. The summed E-state index contributed by atoms with van der Waals surface area (Å²) in [6, 6.07) is 3.33. The van der Waals surface area contributed by atoms with Crippen LogP contribution in [-0.2, 0) is 20.1 Å². The molecule has 204 valence electrons. The highest BCUT2D eigenvalue weighted by atomic mass is 19.2. The third-order valence-corrected chi connectivity index (χ3v) is 7.29. The molecule has 6 rings (SSSR count). The van der Waals surface area contributed by atoms with E-state index in [-0.39, 0.29) is 41.3 Å². The molecule has 0 saturated carbocycles. The van der Waals surface area contributed by atoms with Crippen molar-refractivity contribution in [2.24, 2.45) is 7.05 Å². The van der Waals surface area contributed by atoms with Crippen LogP contribution < -0.4 is 20.9 Å². The predicted molar refractivity (Wildman–Crippen MR) is 135 cm³/mol. The van der Waals surface area contributed by atoms with Gasteiger partial charge < -0.3 is 14.7 Å². The van der Waals surface area contributed by atoms with E-state index in [2.05, 4.69) is 10.1 Å². The fraction of sp³-hybridized carbons (Fsp3) is 0.385. The molecule has 4 heterocycles. The van der Waals surface area contributed by atoms with E-state index in [1.54, 1.807) is 13.1 Å². The van der Waals surface area contributed by atoms with Crippen molar-refractivity contribution in [2.45, 2.75) is 38.5 Å². The van der Waals surface area contributed by atoms with E-state index >= 15 is 0 Å². The van der Waals surface area contributed by atoms with Crippen molar-refractivity contribution in [3.05, 3.63) is 79.8 Å². The van der Waals surface area contributed by atoms with Gasteiger partial charge in [-0.05, 0) is 30.2 Å². The summed E-state index contributed by atoms with van der Waals surface area (Å²) < 4.78 is 51.5. The summed E-state index contributed by atoms with van der Waals surface area (Å²) in [5.74, 6) is -3.92. The van der Waals surface area contributed by atoms with Gasteiger partial charge in [0.15, 0.2) is 23.3 Å². The molecule has 1 N–H and O–H groups in total. The lowest BCUT2D eigenvalue weighted by Crippen LogP contribution is -2.41. The standard InChI is InChI=1S/C26H25F3N6O4/c1-13-11-39-24-21(13)18(33-4-3-15(36)9-33)7-19-22(24)25(37)35(10-20-30-12-32(2)31-20)26(38)34(19)8-14-5-16(27)23(29)17(28)6-14/h5-7,12-13,15,36H,3-4,8-11H2,1-2H3/t13?,15-/m1/s1. The zero-order valence-corrected chi connectivity index (χ0v) is 21.2. The van der Waals surface area contributed by atoms with Crippen molar-refractivity contribution in [3.8, 4) is 5.75 Å². The smallest absolute Gasteiger partial charge is 0.332 e. The number of hydrogen-bond acceptors (Lipinski definition) is 7. The zero-order valence-electron chi connectivity index (χ0n) is 21.2. The number of halogens is 3. The highest BCUT2D eigenvalue weighted by molar-refractivity contribution is 5.92. The Morgan fingerprint density at radius 2 is 1.85 bits per heavy atom. The van der Waals surface area contributed by atoms with Crippen molar-refractivity contribution >= 4 is 16.6 Å². The topological polar surface area (TPSA) is 107 Å². The molecule has 2 aromatic carbocycles. The summed E-state index contributed by atoms with van der Waals surface area (Å²) >= 11 is 0. The summed E-state index contributed by atoms with van der Waals surface area (Å²) in [6.45, 7) is 2.61. The van der Waals surface area contributed by atoms with Gasteiger partial charge in [-0.1, -0.05) is 6.92 Å². The Balaban J connectivity index is 1.64. The molecule has 1 fully saturated rings. The number of fused-ring (bicyclic) bond motifs is 3. The first-order valence-corrected chi connectivity index (χ1v) is 12.5. The molecule has 2 atom stereocenters. The van der Waals surface area contributed by atoms with Crippen LogP contribution in [0.4, 0.5) is 18.9 Å². The van der Waals surface area contributed by atoms with Gasteiger partial charge in [0.05, 0.1) is 31.3 Å². The van der Waals surface area contributed by atoms with E-state index < -0.39 is 34.8 Å². The minimum atomic E-state index is -1.61. The number of aromatic nitrogens is 5. The van der Waals surface area contributed by atoms with Crippen molar-refractivity contribution in [2.75, 3.05) is 24.6 Å². The number of ether oxygens (including phenoxy) is 1. The molecule has 0 spiro atoms. The van der Waals surface area contributed by atoms with Gasteiger partial charge in [0.2, 0.25) is 0 Å². The highest BCUT2D eigenvalue weighted by Crippen LogP contribution is 2.45. The van der Waals surface area contributed by atoms with Crippen molar-refractivity contribution in [1.82, 2.24) is 23.9 Å². The Labute approximate surface area is 219 Å². The van der Waals surface area contributed by atoms with Gasteiger partial charge >= 0.3 is 5.69 Å². The number of benzene rings is 2. The van der Waals surface area contributed by atoms with Gasteiger partial charge in [-0.2, -0.15) is 5.10 Å². The molecule has 0 aliphatic carbocycles. The van der Waals surface area contributed by atoms with Crippen LogP contribution in [0, 0.1) is 17.5 Å². The molecule has 1 saturated heterocycles. The number of β-amino-alcohol motifs (C(OH)–C–C–N with tert-alkyl or cyclic N) is 1. The average molecular weight is 543 g/mol. The molecule has 2 aliphatic heterocycles. The highest BCUT2D eigenvalue weighted by Gasteiger charge is 2.34. The van der Waals surface area contributed by atoms with Crippen LogP contribution in [0.5, 0.6) is 5.75 Å². The lowest BCUT2D eigenvalue weighted by atomic mass is 9.98. The average Bonchev–Trinajstić information content (AvgIpc) is 3.62. The van der Waals surface area contributed by atoms with Crippen LogP contribution in [0.15, 0.2) is 34.1 Å². The van der Waals surface area contributed by atoms with Crippen molar-refractivity contribution in [1.29, 1.82) is 0 Å². The Kier molecular flexibility index (Phi) is 5.97. The quantitative estimate of drug-likeness (QED) is 0.384. The third-order valence-electron chi connectivity index (χ3n) is 7.29. The maximum absolute atomic E-state index is 14.1. The Morgan fingerprint density at radius 1 is 1.10 bits per heavy atom. The van der Waals surface area contributed by atoms with E-state index in [0.717, 1.165) is 22.3 Å². The molecule has 4 aromatic rings. The third kappa shape index (κ3) is 4.17. The summed E-state index contributed by atoms with van der Waals surface area (Å²) in [5, 5.41) is 14.5. The number of anilines is 1. The van der Waals surface area contributed by atoms with Crippen LogP contribution in [0.3, 0.4) is 0 Å². The van der Waals surface area contributed by atoms with E-state index in [4.69, 9.17) is 4.74 Å².